The summed E-state index contributed by atoms with van der Waals surface area (Å²) in [7, 11) is 1.64. The number of carbonyl (C=O) groups excluding carboxylic acids is 2. The molecule has 0 fully saturated rings. The Morgan fingerprint density at radius 1 is 1.20 bits per heavy atom. The number of esters is 1. The molecule has 2 aromatic heterocycles. The Hall–Kier alpha value is -2.86. The number of hydrogen-bond acceptors (Lipinski definition) is 5. The summed E-state index contributed by atoms with van der Waals surface area (Å²) >= 11 is 1.67. The van der Waals surface area contributed by atoms with Crippen LogP contribution >= 0.6 is 11.3 Å². The minimum atomic E-state index is -0.395. The number of Topliss-reactive ketones (excluding diaryl/α,β-unsaturated/α-hetero) is 1. The maximum atomic E-state index is 13.1. The number of thiophene rings is 1. The molecule has 0 saturated heterocycles. The number of H-pyrrole nitrogens is 1. The van der Waals surface area contributed by atoms with E-state index in [1.807, 2.05) is 35.7 Å². The molecule has 5 nitrogen and oxygen atoms in total. The first-order valence-corrected chi connectivity index (χ1v) is 11.1. The number of methoxy groups -OCH3 is 1. The molecule has 6 heteroatoms. The lowest BCUT2D eigenvalue weighted by Gasteiger charge is -2.21. The summed E-state index contributed by atoms with van der Waals surface area (Å²) in [6.45, 7) is 2.08. The second-order valence-corrected chi connectivity index (χ2v) is 8.43. The first kappa shape index (κ1) is 20.4. The molecule has 0 radical (unpaired) electrons. The molecule has 1 aliphatic rings. The van der Waals surface area contributed by atoms with Crippen LogP contribution in [0.2, 0.25) is 0 Å². The molecule has 1 unspecified atom stereocenters. The van der Waals surface area contributed by atoms with Crippen LogP contribution in [0.15, 0.2) is 41.8 Å². The number of aryl methyl sites for hydroxylation is 1. The smallest absolute Gasteiger partial charge is 0.355 e. The first-order chi connectivity index (χ1) is 14.6. The molecular formula is C24H25NO4S. The van der Waals surface area contributed by atoms with E-state index in [1.165, 1.54) is 4.88 Å². The van der Waals surface area contributed by atoms with Crippen molar-refractivity contribution in [1.29, 1.82) is 0 Å². The van der Waals surface area contributed by atoms with Gasteiger partial charge in [-0.2, -0.15) is 0 Å². The zero-order valence-electron chi connectivity index (χ0n) is 17.2. The van der Waals surface area contributed by atoms with Crippen LogP contribution in [0.1, 0.15) is 61.8 Å². The average molecular weight is 424 g/mol. The topological polar surface area (TPSA) is 68.4 Å². The molecule has 3 aromatic rings. The van der Waals surface area contributed by atoms with Crippen LogP contribution in [0, 0.1) is 0 Å². The number of aromatic amines is 1. The summed E-state index contributed by atoms with van der Waals surface area (Å²) in [6, 6.07) is 12.0. The third-order valence-corrected chi connectivity index (χ3v) is 6.60. The highest BCUT2D eigenvalue weighted by atomic mass is 32.1. The van der Waals surface area contributed by atoms with Crippen molar-refractivity contribution in [3.8, 4) is 5.75 Å². The average Bonchev–Trinajstić information content (AvgIpc) is 3.41. The number of hydrogen-bond donors (Lipinski definition) is 1. The van der Waals surface area contributed by atoms with Crippen molar-refractivity contribution in [3.63, 3.8) is 0 Å². The molecule has 4 rings (SSSR count). The van der Waals surface area contributed by atoms with E-state index in [1.54, 1.807) is 25.4 Å². The second kappa shape index (κ2) is 8.88. The Kier molecular flexibility index (Phi) is 6.04. The molecule has 1 atom stereocenters. The highest BCUT2D eigenvalue weighted by Crippen LogP contribution is 2.37. The van der Waals surface area contributed by atoms with Gasteiger partial charge in [0, 0.05) is 28.5 Å². The van der Waals surface area contributed by atoms with Gasteiger partial charge in [-0.15, -0.1) is 11.3 Å². The van der Waals surface area contributed by atoms with Gasteiger partial charge >= 0.3 is 5.97 Å². The molecule has 1 aliphatic carbocycles. The number of benzene rings is 1. The third kappa shape index (κ3) is 4.05. The maximum absolute atomic E-state index is 13.1. The van der Waals surface area contributed by atoms with Gasteiger partial charge in [-0.1, -0.05) is 18.2 Å². The zero-order chi connectivity index (χ0) is 21.1. The van der Waals surface area contributed by atoms with Crippen molar-refractivity contribution in [1.82, 2.24) is 4.98 Å². The number of carbonyl (C=O) groups is 2. The summed E-state index contributed by atoms with van der Waals surface area (Å²) in [5.41, 5.74) is 3.84. The van der Waals surface area contributed by atoms with Crippen molar-refractivity contribution < 1.29 is 19.1 Å². The predicted molar refractivity (Wildman–Crippen MR) is 117 cm³/mol. The van der Waals surface area contributed by atoms with Gasteiger partial charge in [-0.05, 0) is 60.9 Å². The lowest BCUT2D eigenvalue weighted by Crippen LogP contribution is -2.18. The van der Waals surface area contributed by atoms with Crippen LogP contribution in [0.4, 0.5) is 0 Å². The summed E-state index contributed by atoms with van der Waals surface area (Å²) in [5, 5.41) is 2.04. The molecule has 1 aromatic carbocycles. The van der Waals surface area contributed by atoms with Gasteiger partial charge in [0.1, 0.15) is 11.4 Å². The van der Waals surface area contributed by atoms with Gasteiger partial charge in [-0.25, -0.2) is 4.79 Å². The number of aromatic nitrogens is 1. The number of ether oxygens (including phenoxy) is 2. The van der Waals surface area contributed by atoms with Gasteiger partial charge < -0.3 is 14.5 Å². The summed E-state index contributed by atoms with van der Waals surface area (Å²) < 4.78 is 10.6. The first-order valence-electron chi connectivity index (χ1n) is 10.2. The SMILES string of the molecule is CCOC(=O)c1[nH]c2c(c1CCc1cccc(OC)c1)C(=O)CC(c1cccs1)C2. The van der Waals surface area contributed by atoms with Crippen molar-refractivity contribution in [2.45, 2.75) is 38.5 Å². The van der Waals surface area contributed by atoms with Gasteiger partial charge in [0.05, 0.1) is 13.7 Å². The highest BCUT2D eigenvalue weighted by molar-refractivity contribution is 7.10. The number of ketones is 1. The lowest BCUT2D eigenvalue weighted by molar-refractivity contribution is 0.0518. The second-order valence-electron chi connectivity index (χ2n) is 7.45. The van der Waals surface area contributed by atoms with Crippen LogP contribution in [0.25, 0.3) is 0 Å². The van der Waals surface area contributed by atoms with E-state index >= 15 is 0 Å². The molecule has 156 valence electrons. The fourth-order valence-corrected chi connectivity index (χ4v) is 5.01. The summed E-state index contributed by atoms with van der Waals surface area (Å²) in [5.74, 6) is 0.657. The highest BCUT2D eigenvalue weighted by Gasteiger charge is 2.33. The third-order valence-electron chi connectivity index (χ3n) is 5.57. The van der Waals surface area contributed by atoms with Crippen LogP contribution < -0.4 is 4.74 Å². The Labute approximate surface area is 180 Å². The zero-order valence-corrected chi connectivity index (χ0v) is 18.0. The number of rotatable bonds is 7. The molecular weight excluding hydrogens is 398 g/mol. The molecule has 0 spiro atoms. The predicted octanol–water partition coefficient (Wildman–Crippen LogP) is 4.96. The van der Waals surface area contributed by atoms with E-state index in [2.05, 4.69) is 11.1 Å². The molecule has 2 heterocycles. The molecule has 1 N–H and O–H groups in total. The van der Waals surface area contributed by atoms with Crippen molar-refractivity contribution in [2.24, 2.45) is 0 Å². The largest absolute Gasteiger partial charge is 0.497 e. The maximum Gasteiger partial charge on any atom is 0.355 e. The van der Waals surface area contributed by atoms with Gasteiger partial charge in [0.25, 0.3) is 0 Å². The minimum Gasteiger partial charge on any atom is -0.497 e. The molecule has 30 heavy (non-hydrogen) atoms. The van der Waals surface area contributed by atoms with E-state index in [4.69, 9.17) is 9.47 Å². The van der Waals surface area contributed by atoms with Crippen molar-refractivity contribution in [2.75, 3.05) is 13.7 Å². The molecule has 0 amide bonds. The minimum absolute atomic E-state index is 0.0992. The quantitative estimate of drug-likeness (QED) is 0.546. The Bertz CT molecular complexity index is 1050. The van der Waals surface area contributed by atoms with Gasteiger partial charge in [0.15, 0.2) is 5.78 Å². The standard InChI is InChI=1S/C24H25NO4S/c1-3-29-24(27)23-18(10-9-15-6-4-7-17(12-15)28-2)22-19(25-23)13-16(14-20(22)26)21-8-5-11-30-21/h4-8,11-12,16,25H,3,9-10,13-14H2,1-2H3. The van der Waals surface area contributed by atoms with E-state index < -0.39 is 5.97 Å². The van der Waals surface area contributed by atoms with E-state index in [9.17, 15) is 9.59 Å². The van der Waals surface area contributed by atoms with Crippen LogP contribution in [-0.4, -0.2) is 30.5 Å². The normalized spacial score (nSPS) is 15.7. The molecule has 0 saturated carbocycles. The molecule has 0 bridgehead atoms. The Morgan fingerprint density at radius 3 is 2.80 bits per heavy atom. The molecule has 0 aliphatic heterocycles. The van der Waals surface area contributed by atoms with Crippen LogP contribution in [0.5, 0.6) is 5.75 Å². The van der Waals surface area contributed by atoms with Crippen molar-refractivity contribution in [3.05, 3.63) is 74.7 Å². The lowest BCUT2D eigenvalue weighted by atomic mass is 9.83. The van der Waals surface area contributed by atoms with E-state index in [0.717, 1.165) is 29.0 Å². The number of fused-ring (bicyclic) bond motifs is 1. The van der Waals surface area contributed by atoms with Crippen LogP contribution in [-0.2, 0) is 24.0 Å². The van der Waals surface area contributed by atoms with E-state index in [0.29, 0.717) is 37.1 Å². The fourth-order valence-electron chi connectivity index (χ4n) is 4.18. The Morgan fingerprint density at radius 2 is 2.07 bits per heavy atom. The summed E-state index contributed by atoms with van der Waals surface area (Å²) in [4.78, 5) is 30.2. The van der Waals surface area contributed by atoms with Crippen molar-refractivity contribution >= 4 is 23.1 Å². The fraction of sp³-hybridized carbons (Fsp3) is 0.333. The number of nitrogens with one attached hydrogen (secondary N) is 1. The Balaban J connectivity index is 1.66. The van der Waals surface area contributed by atoms with Gasteiger partial charge in [-0.3, -0.25) is 4.79 Å². The van der Waals surface area contributed by atoms with Gasteiger partial charge in [0.2, 0.25) is 0 Å². The van der Waals surface area contributed by atoms with Crippen LogP contribution in [0.3, 0.4) is 0 Å². The van der Waals surface area contributed by atoms with E-state index in [-0.39, 0.29) is 11.7 Å². The summed E-state index contributed by atoms with van der Waals surface area (Å²) in [6.07, 6.45) is 2.49. The monoisotopic (exact) mass is 423 g/mol.